The van der Waals surface area contributed by atoms with Crippen molar-refractivity contribution in [3.8, 4) is 5.69 Å². The summed E-state index contributed by atoms with van der Waals surface area (Å²) in [5.74, 6) is 0.747. The van der Waals surface area contributed by atoms with Crippen molar-refractivity contribution >= 4 is 5.91 Å². The Bertz CT molecular complexity index is 656. The van der Waals surface area contributed by atoms with Gasteiger partial charge in [0.05, 0.1) is 18.4 Å². The minimum absolute atomic E-state index is 0.152. The molecule has 1 N–H and O–H groups in total. The number of hydrogen-bond acceptors (Lipinski definition) is 2. The molecule has 4 nitrogen and oxygen atoms in total. The lowest BCUT2D eigenvalue weighted by Crippen LogP contribution is -2.24. The summed E-state index contributed by atoms with van der Waals surface area (Å²) in [5, 5.41) is 2.84. The van der Waals surface area contributed by atoms with Crippen LogP contribution in [0.2, 0.25) is 0 Å². The molecule has 0 saturated heterocycles. The van der Waals surface area contributed by atoms with Crippen LogP contribution in [0.1, 0.15) is 18.4 Å². The van der Waals surface area contributed by atoms with E-state index in [2.05, 4.69) is 23.5 Å². The predicted octanol–water partition coefficient (Wildman–Crippen LogP) is 2.79. The second-order valence-electron chi connectivity index (χ2n) is 4.79. The number of hydrogen-bond donors (Lipinski definition) is 1. The topological polar surface area (TPSA) is 46.9 Å². The van der Waals surface area contributed by atoms with Gasteiger partial charge in [-0.2, -0.15) is 0 Å². The molecule has 0 saturated carbocycles. The molecule has 1 aromatic heterocycles. The molecule has 0 bridgehead atoms. The molecule has 2 rings (SSSR count). The van der Waals surface area contributed by atoms with E-state index in [4.69, 9.17) is 0 Å². The van der Waals surface area contributed by atoms with Gasteiger partial charge in [-0.15, -0.1) is 6.58 Å². The maximum atomic E-state index is 11.6. The van der Waals surface area contributed by atoms with Crippen LogP contribution >= 0.6 is 0 Å². The summed E-state index contributed by atoms with van der Waals surface area (Å²) in [6.07, 6.45) is 4.27. The standard InChI is InChI=1S/C17H19N3O/c1-4-8-16-18-11-15(12-19-17(21)13(2)3)20(16)14-9-6-5-7-10-14/h4-7,9-11H,1-2,8,12H2,3H3,(H,19,21). The molecule has 0 atom stereocenters. The fourth-order valence-electron chi connectivity index (χ4n) is 2.04. The van der Waals surface area contributed by atoms with Gasteiger partial charge in [-0.1, -0.05) is 30.9 Å². The van der Waals surface area contributed by atoms with Gasteiger partial charge in [0.25, 0.3) is 0 Å². The highest BCUT2D eigenvalue weighted by atomic mass is 16.1. The van der Waals surface area contributed by atoms with Gasteiger partial charge in [-0.05, 0) is 19.1 Å². The van der Waals surface area contributed by atoms with Crippen molar-refractivity contribution in [1.82, 2.24) is 14.9 Å². The van der Waals surface area contributed by atoms with Crippen LogP contribution in [-0.4, -0.2) is 15.5 Å². The van der Waals surface area contributed by atoms with Crippen LogP contribution in [0.25, 0.3) is 5.69 Å². The Morgan fingerprint density at radius 1 is 1.38 bits per heavy atom. The van der Waals surface area contributed by atoms with Crippen LogP contribution in [0.15, 0.2) is 61.3 Å². The Hall–Kier alpha value is -2.62. The van der Waals surface area contributed by atoms with Crippen molar-refractivity contribution in [2.75, 3.05) is 0 Å². The fourth-order valence-corrected chi connectivity index (χ4v) is 2.04. The van der Waals surface area contributed by atoms with Crippen LogP contribution in [0.3, 0.4) is 0 Å². The molecule has 0 unspecified atom stereocenters. The minimum Gasteiger partial charge on any atom is -0.347 e. The summed E-state index contributed by atoms with van der Waals surface area (Å²) < 4.78 is 2.04. The number of amides is 1. The fraction of sp³-hybridized carbons (Fsp3) is 0.176. The zero-order valence-corrected chi connectivity index (χ0v) is 12.2. The Kier molecular flexibility index (Phi) is 4.72. The second-order valence-corrected chi connectivity index (χ2v) is 4.79. The quantitative estimate of drug-likeness (QED) is 0.654. The first-order chi connectivity index (χ1) is 10.1. The van der Waals surface area contributed by atoms with Crippen molar-refractivity contribution in [3.05, 3.63) is 72.9 Å². The largest absolute Gasteiger partial charge is 0.347 e. The number of nitrogens with one attached hydrogen (secondary N) is 1. The molecule has 1 heterocycles. The van der Waals surface area contributed by atoms with Gasteiger partial charge in [-0.25, -0.2) is 4.98 Å². The summed E-state index contributed by atoms with van der Waals surface area (Å²) in [7, 11) is 0. The Labute approximate surface area is 124 Å². The minimum atomic E-state index is -0.152. The first-order valence-electron chi connectivity index (χ1n) is 6.79. The van der Waals surface area contributed by atoms with Gasteiger partial charge in [0, 0.05) is 17.7 Å². The Morgan fingerprint density at radius 2 is 2.10 bits per heavy atom. The third-order valence-corrected chi connectivity index (χ3v) is 3.07. The summed E-state index contributed by atoms with van der Waals surface area (Å²) in [5.41, 5.74) is 2.44. The smallest absolute Gasteiger partial charge is 0.246 e. The lowest BCUT2D eigenvalue weighted by molar-refractivity contribution is -0.117. The van der Waals surface area contributed by atoms with E-state index in [9.17, 15) is 4.79 Å². The number of aromatic nitrogens is 2. The van der Waals surface area contributed by atoms with Crippen LogP contribution < -0.4 is 5.32 Å². The maximum Gasteiger partial charge on any atom is 0.246 e. The molecule has 21 heavy (non-hydrogen) atoms. The van der Waals surface area contributed by atoms with E-state index < -0.39 is 0 Å². The molecule has 108 valence electrons. The third-order valence-electron chi connectivity index (χ3n) is 3.07. The second kappa shape index (κ2) is 6.70. The number of carbonyl (C=O) groups is 1. The number of allylic oxidation sites excluding steroid dienone is 1. The summed E-state index contributed by atoms with van der Waals surface area (Å²) >= 11 is 0. The number of imidazole rings is 1. The maximum absolute atomic E-state index is 11.6. The van der Waals surface area contributed by atoms with Gasteiger partial charge in [0.2, 0.25) is 5.91 Å². The number of rotatable bonds is 6. The molecular weight excluding hydrogens is 262 g/mol. The lowest BCUT2D eigenvalue weighted by Gasteiger charge is -2.12. The van der Waals surface area contributed by atoms with Gasteiger partial charge in [0.15, 0.2) is 0 Å². The van der Waals surface area contributed by atoms with Crippen LogP contribution in [0.4, 0.5) is 0 Å². The zero-order valence-electron chi connectivity index (χ0n) is 12.2. The van der Waals surface area contributed by atoms with Crippen molar-refractivity contribution in [2.45, 2.75) is 19.9 Å². The first kappa shape index (κ1) is 14.8. The molecule has 0 aliphatic heterocycles. The highest BCUT2D eigenvalue weighted by Crippen LogP contribution is 2.15. The number of benzene rings is 1. The highest BCUT2D eigenvalue weighted by molar-refractivity contribution is 5.91. The molecule has 0 spiro atoms. The molecule has 0 radical (unpaired) electrons. The molecule has 2 aromatic rings. The van der Waals surface area contributed by atoms with E-state index in [1.54, 1.807) is 13.1 Å². The van der Waals surface area contributed by atoms with Crippen LogP contribution in [0, 0.1) is 0 Å². The molecule has 0 aliphatic carbocycles. The van der Waals surface area contributed by atoms with Gasteiger partial charge >= 0.3 is 0 Å². The van der Waals surface area contributed by atoms with Gasteiger partial charge in [-0.3, -0.25) is 9.36 Å². The number of nitrogens with zero attached hydrogens (tertiary/aromatic N) is 2. The number of carbonyl (C=O) groups excluding carboxylic acids is 1. The van der Waals surface area contributed by atoms with E-state index in [0.717, 1.165) is 17.2 Å². The molecule has 1 amide bonds. The van der Waals surface area contributed by atoms with Crippen LogP contribution in [-0.2, 0) is 17.8 Å². The molecule has 4 heteroatoms. The van der Waals surface area contributed by atoms with Crippen molar-refractivity contribution in [1.29, 1.82) is 0 Å². The molecular formula is C17H19N3O. The first-order valence-corrected chi connectivity index (χ1v) is 6.79. The van der Waals surface area contributed by atoms with E-state index in [-0.39, 0.29) is 5.91 Å². The summed E-state index contributed by atoms with van der Waals surface area (Å²) in [6.45, 7) is 9.49. The van der Waals surface area contributed by atoms with Crippen molar-refractivity contribution in [3.63, 3.8) is 0 Å². The van der Waals surface area contributed by atoms with E-state index in [1.807, 2.05) is 41.0 Å². The Balaban J connectivity index is 2.31. The number of para-hydroxylation sites is 1. The van der Waals surface area contributed by atoms with Crippen molar-refractivity contribution < 1.29 is 4.79 Å². The lowest BCUT2D eigenvalue weighted by atomic mass is 10.2. The average Bonchev–Trinajstić information content (AvgIpc) is 2.88. The van der Waals surface area contributed by atoms with Gasteiger partial charge in [0.1, 0.15) is 5.82 Å². The normalized spacial score (nSPS) is 10.1. The zero-order chi connectivity index (χ0) is 15.2. The van der Waals surface area contributed by atoms with Crippen LogP contribution in [0.5, 0.6) is 0 Å². The molecule has 0 aliphatic rings. The third kappa shape index (κ3) is 3.48. The highest BCUT2D eigenvalue weighted by Gasteiger charge is 2.11. The average molecular weight is 281 g/mol. The van der Waals surface area contributed by atoms with Crippen molar-refractivity contribution in [2.24, 2.45) is 0 Å². The molecule has 0 fully saturated rings. The molecule has 1 aromatic carbocycles. The van der Waals surface area contributed by atoms with Gasteiger partial charge < -0.3 is 5.32 Å². The Morgan fingerprint density at radius 3 is 2.71 bits per heavy atom. The van der Waals surface area contributed by atoms with E-state index in [0.29, 0.717) is 18.5 Å². The van der Waals surface area contributed by atoms with E-state index >= 15 is 0 Å². The summed E-state index contributed by atoms with van der Waals surface area (Å²) in [6, 6.07) is 9.94. The van der Waals surface area contributed by atoms with E-state index in [1.165, 1.54) is 0 Å². The predicted molar refractivity (Wildman–Crippen MR) is 84.1 cm³/mol. The summed E-state index contributed by atoms with van der Waals surface area (Å²) in [4.78, 5) is 16.1. The monoisotopic (exact) mass is 281 g/mol. The SMILES string of the molecule is C=CCc1ncc(CNC(=O)C(=C)C)n1-c1ccccc1.